The van der Waals surface area contributed by atoms with E-state index in [-0.39, 0.29) is 5.91 Å². The summed E-state index contributed by atoms with van der Waals surface area (Å²) in [7, 11) is 0. The average molecular weight is 199 g/mol. The van der Waals surface area contributed by atoms with E-state index in [1.165, 1.54) is 0 Å². The van der Waals surface area contributed by atoms with Gasteiger partial charge in [0.25, 0.3) is 0 Å². The molecule has 1 amide bonds. The van der Waals surface area contributed by atoms with Crippen molar-refractivity contribution in [3.63, 3.8) is 0 Å². The number of nitrogens with zero attached hydrogens (tertiary/aromatic N) is 1. The number of rotatable bonds is 3. The van der Waals surface area contributed by atoms with Crippen LogP contribution < -0.4 is 0 Å². The summed E-state index contributed by atoms with van der Waals surface area (Å²) < 4.78 is 5.83. The largest absolute Gasteiger partial charge is 0.375 e. The third-order valence-corrected chi connectivity index (χ3v) is 2.89. The molecule has 0 radical (unpaired) electrons. The van der Waals surface area contributed by atoms with Crippen molar-refractivity contribution in [3.8, 4) is 0 Å². The SMILES string of the molecule is CCC(C)OC1CCN(C(C)=O)CC1. The van der Waals surface area contributed by atoms with Crippen LogP contribution in [0.1, 0.15) is 40.0 Å². The lowest BCUT2D eigenvalue weighted by molar-refractivity contribution is -0.132. The van der Waals surface area contributed by atoms with Crippen LogP contribution in [0.3, 0.4) is 0 Å². The molecule has 1 fully saturated rings. The minimum Gasteiger partial charge on any atom is -0.375 e. The van der Waals surface area contributed by atoms with E-state index in [1.807, 2.05) is 4.90 Å². The summed E-state index contributed by atoms with van der Waals surface area (Å²) in [6.07, 6.45) is 3.75. The molecule has 0 spiro atoms. The van der Waals surface area contributed by atoms with E-state index >= 15 is 0 Å². The van der Waals surface area contributed by atoms with Gasteiger partial charge in [0.1, 0.15) is 0 Å². The highest BCUT2D eigenvalue weighted by atomic mass is 16.5. The Labute approximate surface area is 86.4 Å². The number of carbonyl (C=O) groups is 1. The van der Waals surface area contributed by atoms with Crippen molar-refractivity contribution >= 4 is 5.91 Å². The molecule has 0 N–H and O–H groups in total. The van der Waals surface area contributed by atoms with Gasteiger partial charge in [-0.1, -0.05) is 6.92 Å². The number of hydrogen-bond donors (Lipinski definition) is 0. The molecule has 3 nitrogen and oxygen atoms in total. The summed E-state index contributed by atoms with van der Waals surface area (Å²) in [5, 5.41) is 0. The van der Waals surface area contributed by atoms with E-state index in [0.29, 0.717) is 12.2 Å². The number of ether oxygens (including phenoxy) is 1. The Morgan fingerprint density at radius 1 is 1.50 bits per heavy atom. The third kappa shape index (κ3) is 3.29. The van der Waals surface area contributed by atoms with E-state index in [4.69, 9.17) is 4.74 Å². The molecule has 0 aromatic heterocycles. The van der Waals surface area contributed by atoms with Gasteiger partial charge in [-0.15, -0.1) is 0 Å². The highest BCUT2D eigenvalue weighted by Gasteiger charge is 2.21. The maximum absolute atomic E-state index is 11.1. The van der Waals surface area contributed by atoms with Crippen LogP contribution in [0.2, 0.25) is 0 Å². The first-order valence-corrected chi connectivity index (χ1v) is 5.54. The van der Waals surface area contributed by atoms with Crippen LogP contribution in [0.15, 0.2) is 0 Å². The molecule has 1 aliphatic heterocycles. The molecule has 82 valence electrons. The molecular formula is C11H21NO2. The highest BCUT2D eigenvalue weighted by molar-refractivity contribution is 5.73. The Balaban J connectivity index is 2.25. The Kier molecular flexibility index (Phi) is 4.39. The molecule has 1 heterocycles. The van der Waals surface area contributed by atoms with Crippen LogP contribution in [-0.4, -0.2) is 36.1 Å². The second kappa shape index (κ2) is 5.35. The number of amides is 1. The van der Waals surface area contributed by atoms with E-state index in [2.05, 4.69) is 13.8 Å². The average Bonchev–Trinajstić information content (AvgIpc) is 2.18. The third-order valence-electron chi connectivity index (χ3n) is 2.89. The zero-order valence-corrected chi connectivity index (χ0v) is 9.45. The van der Waals surface area contributed by atoms with Crippen molar-refractivity contribution in [3.05, 3.63) is 0 Å². The molecule has 0 aromatic rings. The Bertz CT molecular complexity index is 186. The van der Waals surface area contributed by atoms with Crippen LogP contribution in [0, 0.1) is 0 Å². The van der Waals surface area contributed by atoms with Crippen LogP contribution in [-0.2, 0) is 9.53 Å². The number of piperidine rings is 1. The summed E-state index contributed by atoms with van der Waals surface area (Å²) >= 11 is 0. The van der Waals surface area contributed by atoms with Crippen molar-refractivity contribution in [1.29, 1.82) is 0 Å². The summed E-state index contributed by atoms with van der Waals surface area (Å²) in [5.74, 6) is 0.187. The molecule has 1 atom stereocenters. The zero-order chi connectivity index (χ0) is 10.6. The van der Waals surface area contributed by atoms with Crippen molar-refractivity contribution in [2.45, 2.75) is 52.2 Å². The van der Waals surface area contributed by atoms with Gasteiger partial charge in [0.05, 0.1) is 12.2 Å². The minimum atomic E-state index is 0.187. The zero-order valence-electron chi connectivity index (χ0n) is 9.45. The Hall–Kier alpha value is -0.570. The summed E-state index contributed by atoms with van der Waals surface area (Å²) in [5.41, 5.74) is 0. The molecular weight excluding hydrogens is 178 g/mol. The fraction of sp³-hybridized carbons (Fsp3) is 0.909. The summed E-state index contributed by atoms with van der Waals surface area (Å²) in [6, 6.07) is 0. The van der Waals surface area contributed by atoms with Gasteiger partial charge in [-0.3, -0.25) is 4.79 Å². The fourth-order valence-electron chi connectivity index (χ4n) is 1.73. The number of likely N-dealkylation sites (tertiary alicyclic amines) is 1. The van der Waals surface area contributed by atoms with E-state index in [1.54, 1.807) is 6.92 Å². The lowest BCUT2D eigenvalue weighted by Gasteiger charge is -2.32. The van der Waals surface area contributed by atoms with Crippen LogP contribution >= 0.6 is 0 Å². The van der Waals surface area contributed by atoms with Gasteiger partial charge in [0, 0.05) is 20.0 Å². The van der Waals surface area contributed by atoms with Gasteiger partial charge in [0.2, 0.25) is 5.91 Å². The molecule has 1 unspecified atom stereocenters. The molecule has 1 saturated heterocycles. The normalized spacial score (nSPS) is 20.9. The highest BCUT2D eigenvalue weighted by Crippen LogP contribution is 2.16. The minimum absolute atomic E-state index is 0.187. The van der Waals surface area contributed by atoms with Crippen molar-refractivity contribution < 1.29 is 9.53 Å². The molecule has 3 heteroatoms. The maximum atomic E-state index is 11.1. The fourth-order valence-corrected chi connectivity index (χ4v) is 1.73. The molecule has 0 saturated carbocycles. The molecule has 0 aromatic carbocycles. The Morgan fingerprint density at radius 3 is 2.50 bits per heavy atom. The first-order chi connectivity index (χ1) is 6.63. The molecule has 1 aliphatic rings. The van der Waals surface area contributed by atoms with Gasteiger partial charge in [-0.25, -0.2) is 0 Å². The van der Waals surface area contributed by atoms with Gasteiger partial charge >= 0.3 is 0 Å². The molecule has 0 bridgehead atoms. The van der Waals surface area contributed by atoms with Crippen LogP contribution in [0.5, 0.6) is 0 Å². The smallest absolute Gasteiger partial charge is 0.219 e. The van der Waals surface area contributed by atoms with Crippen molar-refractivity contribution in [1.82, 2.24) is 4.90 Å². The summed E-state index contributed by atoms with van der Waals surface area (Å²) in [4.78, 5) is 13.0. The number of carbonyl (C=O) groups excluding carboxylic acids is 1. The van der Waals surface area contributed by atoms with Crippen molar-refractivity contribution in [2.75, 3.05) is 13.1 Å². The van der Waals surface area contributed by atoms with Crippen LogP contribution in [0.25, 0.3) is 0 Å². The summed E-state index contributed by atoms with van der Waals surface area (Å²) in [6.45, 7) is 7.59. The maximum Gasteiger partial charge on any atom is 0.219 e. The van der Waals surface area contributed by atoms with E-state index in [9.17, 15) is 4.79 Å². The monoisotopic (exact) mass is 199 g/mol. The first-order valence-electron chi connectivity index (χ1n) is 5.54. The quantitative estimate of drug-likeness (QED) is 0.694. The topological polar surface area (TPSA) is 29.5 Å². The first kappa shape index (κ1) is 11.5. The standard InChI is InChI=1S/C11H21NO2/c1-4-9(2)14-11-5-7-12(8-6-11)10(3)13/h9,11H,4-8H2,1-3H3. The second-order valence-electron chi connectivity index (χ2n) is 4.06. The van der Waals surface area contributed by atoms with Gasteiger partial charge in [-0.05, 0) is 26.2 Å². The van der Waals surface area contributed by atoms with Gasteiger partial charge in [-0.2, -0.15) is 0 Å². The van der Waals surface area contributed by atoms with E-state index < -0.39 is 0 Å². The predicted molar refractivity (Wildman–Crippen MR) is 56.1 cm³/mol. The predicted octanol–water partition coefficient (Wildman–Crippen LogP) is 1.81. The molecule has 0 aliphatic carbocycles. The molecule has 1 rings (SSSR count). The molecule has 14 heavy (non-hydrogen) atoms. The van der Waals surface area contributed by atoms with E-state index in [0.717, 1.165) is 32.4 Å². The van der Waals surface area contributed by atoms with Crippen molar-refractivity contribution in [2.24, 2.45) is 0 Å². The van der Waals surface area contributed by atoms with Gasteiger partial charge in [0.15, 0.2) is 0 Å². The lowest BCUT2D eigenvalue weighted by atomic mass is 10.1. The second-order valence-corrected chi connectivity index (χ2v) is 4.06. The Morgan fingerprint density at radius 2 is 2.07 bits per heavy atom. The lowest BCUT2D eigenvalue weighted by Crippen LogP contribution is -2.40. The van der Waals surface area contributed by atoms with Crippen LogP contribution in [0.4, 0.5) is 0 Å². The number of hydrogen-bond acceptors (Lipinski definition) is 2. The van der Waals surface area contributed by atoms with Gasteiger partial charge < -0.3 is 9.64 Å².